The summed E-state index contributed by atoms with van der Waals surface area (Å²) in [7, 11) is 6.49. The number of hydrogen-bond acceptors (Lipinski definition) is 5. The molecular formula is C27H26N2O4. The van der Waals surface area contributed by atoms with Crippen LogP contribution in [0, 0.1) is 6.92 Å². The number of hydrogen-bond donors (Lipinski definition) is 0. The summed E-state index contributed by atoms with van der Waals surface area (Å²) in [6.07, 6.45) is 0. The topological polar surface area (TPSA) is 60.9 Å². The molecule has 0 aliphatic heterocycles. The van der Waals surface area contributed by atoms with E-state index in [1.54, 1.807) is 33.3 Å². The zero-order valence-corrected chi connectivity index (χ0v) is 19.4. The minimum absolute atomic E-state index is 0.118. The highest BCUT2D eigenvalue weighted by molar-refractivity contribution is 6.14. The van der Waals surface area contributed by atoms with Crippen molar-refractivity contribution in [3.8, 4) is 28.5 Å². The SMILES string of the molecule is COc1cc(-c2cc(C(=O)N(C)c3cccc(C)c3)c3ccccc3n2)cc(OC)c1OC. The van der Waals surface area contributed by atoms with E-state index in [1.807, 2.05) is 73.7 Å². The third kappa shape index (κ3) is 4.20. The number of pyridine rings is 1. The molecule has 0 unspecified atom stereocenters. The summed E-state index contributed by atoms with van der Waals surface area (Å²) in [4.78, 5) is 20.1. The standard InChI is InChI=1S/C27H26N2O4/c1-17-9-8-10-19(13-17)29(2)27(30)21-16-23(28-22-12-7-6-11-20(21)22)18-14-24(31-3)26(33-5)25(15-18)32-4/h6-16H,1-5H3. The van der Waals surface area contributed by atoms with Gasteiger partial charge >= 0.3 is 0 Å². The number of para-hydroxylation sites is 1. The molecule has 0 spiro atoms. The molecule has 0 atom stereocenters. The van der Waals surface area contributed by atoms with Crippen molar-refractivity contribution in [2.75, 3.05) is 33.3 Å². The Morgan fingerprint density at radius 2 is 1.55 bits per heavy atom. The lowest BCUT2D eigenvalue weighted by atomic mass is 10.0. The number of carbonyl (C=O) groups excluding carboxylic acids is 1. The van der Waals surface area contributed by atoms with Crippen molar-refractivity contribution >= 4 is 22.5 Å². The molecule has 0 bridgehead atoms. The van der Waals surface area contributed by atoms with Crippen molar-refractivity contribution in [3.63, 3.8) is 0 Å². The molecule has 0 N–H and O–H groups in total. The van der Waals surface area contributed by atoms with Crippen molar-refractivity contribution in [3.05, 3.63) is 77.9 Å². The van der Waals surface area contributed by atoms with E-state index in [0.717, 1.165) is 27.7 Å². The van der Waals surface area contributed by atoms with Crippen molar-refractivity contribution < 1.29 is 19.0 Å². The van der Waals surface area contributed by atoms with Crippen LogP contribution in [0.4, 0.5) is 5.69 Å². The maximum Gasteiger partial charge on any atom is 0.258 e. The van der Waals surface area contributed by atoms with Crippen LogP contribution in [0.2, 0.25) is 0 Å². The Hall–Kier alpha value is -4.06. The molecule has 4 aromatic rings. The summed E-state index contributed by atoms with van der Waals surface area (Å²) in [5.41, 5.74) is 4.59. The molecule has 168 valence electrons. The molecule has 1 heterocycles. The van der Waals surface area contributed by atoms with Crippen molar-refractivity contribution in [2.45, 2.75) is 6.92 Å². The maximum absolute atomic E-state index is 13.6. The van der Waals surface area contributed by atoms with Gasteiger partial charge in [0.2, 0.25) is 5.75 Å². The first-order valence-electron chi connectivity index (χ1n) is 10.5. The first-order valence-corrected chi connectivity index (χ1v) is 10.5. The van der Waals surface area contributed by atoms with Crippen LogP contribution in [0.15, 0.2) is 66.7 Å². The van der Waals surface area contributed by atoms with E-state index in [-0.39, 0.29) is 5.91 Å². The molecule has 4 rings (SSSR count). The number of amides is 1. The van der Waals surface area contributed by atoms with Crippen LogP contribution >= 0.6 is 0 Å². The van der Waals surface area contributed by atoms with Gasteiger partial charge in [0, 0.05) is 23.7 Å². The van der Waals surface area contributed by atoms with Crippen LogP contribution in [-0.4, -0.2) is 39.3 Å². The Kier molecular flexibility index (Phi) is 6.18. The second kappa shape index (κ2) is 9.20. The van der Waals surface area contributed by atoms with Gasteiger partial charge in [-0.05, 0) is 48.9 Å². The second-order valence-corrected chi connectivity index (χ2v) is 7.69. The lowest BCUT2D eigenvalue weighted by Crippen LogP contribution is -2.26. The van der Waals surface area contributed by atoms with Gasteiger partial charge < -0.3 is 19.1 Å². The fourth-order valence-electron chi connectivity index (χ4n) is 3.86. The molecule has 0 saturated carbocycles. The summed E-state index contributed by atoms with van der Waals surface area (Å²) in [6.45, 7) is 2.01. The van der Waals surface area contributed by atoms with Gasteiger partial charge in [-0.15, -0.1) is 0 Å². The highest BCUT2D eigenvalue weighted by Gasteiger charge is 2.20. The summed E-state index contributed by atoms with van der Waals surface area (Å²) < 4.78 is 16.5. The number of fused-ring (bicyclic) bond motifs is 1. The number of aryl methyl sites for hydroxylation is 1. The van der Waals surface area contributed by atoms with Crippen molar-refractivity contribution in [2.24, 2.45) is 0 Å². The van der Waals surface area contributed by atoms with Crippen LogP contribution in [0.5, 0.6) is 17.2 Å². The van der Waals surface area contributed by atoms with E-state index < -0.39 is 0 Å². The van der Waals surface area contributed by atoms with Crippen LogP contribution in [-0.2, 0) is 0 Å². The monoisotopic (exact) mass is 442 g/mol. The largest absolute Gasteiger partial charge is 0.493 e. The fraction of sp³-hybridized carbons (Fsp3) is 0.185. The van der Waals surface area contributed by atoms with Crippen LogP contribution in [0.1, 0.15) is 15.9 Å². The van der Waals surface area contributed by atoms with E-state index in [0.29, 0.717) is 28.5 Å². The van der Waals surface area contributed by atoms with Crippen molar-refractivity contribution in [1.82, 2.24) is 4.98 Å². The molecule has 33 heavy (non-hydrogen) atoms. The van der Waals surface area contributed by atoms with Gasteiger partial charge in [-0.25, -0.2) is 4.98 Å². The zero-order chi connectivity index (χ0) is 23.5. The maximum atomic E-state index is 13.6. The highest BCUT2D eigenvalue weighted by atomic mass is 16.5. The van der Waals surface area contributed by atoms with Crippen molar-refractivity contribution in [1.29, 1.82) is 0 Å². The number of carbonyl (C=O) groups is 1. The van der Waals surface area contributed by atoms with E-state index in [9.17, 15) is 4.79 Å². The predicted octanol–water partition coefficient (Wildman–Crippen LogP) is 5.51. The highest BCUT2D eigenvalue weighted by Crippen LogP contribution is 2.41. The Balaban J connectivity index is 1.89. The molecule has 0 aliphatic carbocycles. The number of ether oxygens (including phenoxy) is 3. The lowest BCUT2D eigenvalue weighted by molar-refractivity contribution is 0.0994. The van der Waals surface area contributed by atoms with Gasteiger partial charge in [0.15, 0.2) is 11.5 Å². The average molecular weight is 443 g/mol. The van der Waals surface area contributed by atoms with Crippen LogP contribution < -0.4 is 19.1 Å². The fourth-order valence-corrected chi connectivity index (χ4v) is 3.86. The molecule has 6 nitrogen and oxygen atoms in total. The Morgan fingerprint density at radius 3 is 2.18 bits per heavy atom. The van der Waals surface area contributed by atoms with Gasteiger partial charge in [0.05, 0.1) is 38.1 Å². The quantitative estimate of drug-likeness (QED) is 0.394. The molecule has 0 aliphatic rings. The van der Waals surface area contributed by atoms with Crippen LogP contribution in [0.3, 0.4) is 0 Å². The van der Waals surface area contributed by atoms with Gasteiger partial charge in [-0.3, -0.25) is 4.79 Å². The van der Waals surface area contributed by atoms with Crippen LogP contribution in [0.25, 0.3) is 22.2 Å². The summed E-state index contributed by atoms with van der Waals surface area (Å²) >= 11 is 0. The average Bonchev–Trinajstić information content (AvgIpc) is 2.86. The molecule has 0 radical (unpaired) electrons. The summed E-state index contributed by atoms with van der Waals surface area (Å²) in [6, 6.07) is 21.0. The third-order valence-electron chi connectivity index (χ3n) is 5.60. The molecule has 0 saturated heterocycles. The third-order valence-corrected chi connectivity index (χ3v) is 5.60. The normalized spacial score (nSPS) is 10.7. The summed E-state index contributed by atoms with van der Waals surface area (Å²) in [5, 5.41) is 0.790. The van der Waals surface area contributed by atoms with E-state index in [1.165, 1.54) is 0 Å². The lowest BCUT2D eigenvalue weighted by Gasteiger charge is -2.20. The number of nitrogens with zero attached hydrogens (tertiary/aromatic N) is 2. The Morgan fingerprint density at radius 1 is 0.848 bits per heavy atom. The van der Waals surface area contributed by atoms with Gasteiger partial charge in [0.1, 0.15) is 0 Å². The Labute approximate surface area is 193 Å². The van der Waals surface area contributed by atoms with Gasteiger partial charge in [-0.1, -0.05) is 30.3 Å². The zero-order valence-electron chi connectivity index (χ0n) is 19.4. The van der Waals surface area contributed by atoms with E-state index >= 15 is 0 Å². The smallest absolute Gasteiger partial charge is 0.258 e. The molecule has 6 heteroatoms. The van der Waals surface area contributed by atoms with Gasteiger partial charge in [0.25, 0.3) is 5.91 Å². The summed E-state index contributed by atoms with van der Waals surface area (Å²) in [5.74, 6) is 1.42. The number of aromatic nitrogens is 1. The molecule has 3 aromatic carbocycles. The number of methoxy groups -OCH3 is 3. The molecule has 1 amide bonds. The van der Waals surface area contributed by atoms with Gasteiger partial charge in [-0.2, -0.15) is 0 Å². The predicted molar refractivity (Wildman–Crippen MR) is 131 cm³/mol. The first kappa shape index (κ1) is 22.1. The molecule has 1 aromatic heterocycles. The Bertz CT molecular complexity index is 1310. The number of rotatable bonds is 6. The number of benzene rings is 3. The minimum Gasteiger partial charge on any atom is -0.493 e. The number of anilines is 1. The minimum atomic E-state index is -0.118. The molecular weight excluding hydrogens is 416 g/mol. The van der Waals surface area contributed by atoms with E-state index in [4.69, 9.17) is 19.2 Å². The van der Waals surface area contributed by atoms with E-state index in [2.05, 4.69) is 0 Å². The molecule has 0 fully saturated rings. The second-order valence-electron chi connectivity index (χ2n) is 7.69. The first-order chi connectivity index (χ1) is 16.0.